The highest BCUT2D eigenvalue weighted by atomic mass is 16.5. The number of aliphatic hydroxyl groups excluding tert-OH is 1. The summed E-state index contributed by atoms with van der Waals surface area (Å²) >= 11 is 0. The largest absolute Gasteiger partial charge is 0.465 e. The zero-order chi connectivity index (χ0) is 29.6. The molecule has 1 aromatic carbocycles. The minimum absolute atomic E-state index is 0.121. The van der Waals surface area contributed by atoms with Gasteiger partial charge in [0.15, 0.2) is 0 Å². The van der Waals surface area contributed by atoms with E-state index in [-0.39, 0.29) is 11.4 Å². The summed E-state index contributed by atoms with van der Waals surface area (Å²) in [5.41, 5.74) is 4.89. The third kappa shape index (κ3) is 4.68. The molecule has 1 N–H and O–H groups in total. The summed E-state index contributed by atoms with van der Waals surface area (Å²) in [6, 6.07) is 8.16. The molecule has 4 saturated carbocycles. The van der Waals surface area contributed by atoms with E-state index in [1.165, 1.54) is 88.9 Å². The molecule has 5 aliphatic carbocycles. The molecule has 3 nitrogen and oxygen atoms in total. The third-order valence-electron chi connectivity index (χ3n) is 13.5. The van der Waals surface area contributed by atoms with Crippen LogP contribution in [0.5, 0.6) is 0 Å². The lowest BCUT2D eigenvalue weighted by Crippen LogP contribution is -2.60. The quantitative estimate of drug-likeness (QED) is 0.295. The van der Waals surface area contributed by atoms with Gasteiger partial charge in [0.25, 0.3) is 0 Å². The van der Waals surface area contributed by atoms with Gasteiger partial charge in [-0.05, 0) is 139 Å². The Hall–Kier alpha value is -1.87. The van der Waals surface area contributed by atoms with Crippen LogP contribution in [0, 0.1) is 51.2 Å². The first-order chi connectivity index (χ1) is 19.6. The number of benzene rings is 1. The minimum Gasteiger partial charge on any atom is -0.465 e. The molecular weight excluding hydrogens is 504 g/mol. The van der Waals surface area contributed by atoms with Gasteiger partial charge in [0.05, 0.1) is 12.7 Å². The highest BCUT2D eigenvalue weighted by molar-refractivity contribution is 5.89. The molecule has 8 atom stereocenters. The van der Waals surface area contributed by atoms with Crippen LogP contribution in [-0.4, -0.2) is 25.3 Å². The molecule has 0 amide bonds. The Morgan fingerprint density at radius 3 is 2.32 bits per heavy atom. The standard InChI is InChI=1S/C37H52O2.CH4O/c1-7-8-20-37-21-9-10-30(37)27-15-16-32-35(4,29(27)18-24-37)23-19-31-34(2,3)28(17-22-36(31,32)5)25-11-13-26(14-12-25)33(38)39-6;1-2/h8,11-14,17,20,27,29-32H,7,9-10,15-16,18-19,21-24H2,1-6H3;2H,1H3/b20-8-;. The zero-order valence-electron chi connectivity index (χ0n) is 27.0. The number of allylic oxidation sites excluding steroid dienone is 4. The molecule has 0 saturated heterocycles. The highest BCUT2D eigenvalue weighted by Gasteiger charge is 2.65. The number of rotatable bonds is 4. The zero-order valence-corrected chi connectivity index (χ0v) is 27.0. The predicted molar refractivity (Wildman–Crippen MR) is 169 cm³/mol. The van der Waals surface area contributed by atoms with Gasteiger partial charge in [0.1, 0.15) is 0 Å². The highest BCUT2D eigenvalue weighted by Crippen LogP contribution is 2.73. The van der Waals surface area contributed by atoms with Crippen LogP contribution in [-0.2, 0) is 4.74 Å². The summed E-state index contributed by atoms with van der Waals surface area (Å²) in [6.45, 7) is 12.8. The van der Waals surface area contributed by atoms with Gasteiger partial charge in [-0.1, -0.05) is 71.4 Å². The second kappa shape index (κ2) is 11.3. The second-order valence-electron chi connectivity index (χ2n) is 15.2. The minimum atomic E-state index is -0.257. The number of methoxy groups -OCH3 is 1. The van der Waals surface area contributed by atoms with Crippen molar-refractivity contribution < 1.29 is 14.6 Å². The SMILES string of the molecule is CC/C=C\C12CCCC1C1CCC3C(C)(CCC4C(C)(C)C(c5ccc(C(=O)OC)cc5)=CCC43C)C1CC2.CO. The van der Waals surface area contributed by atoms with Crippen LogP contribution in [0.1, 0.15) is 121 Å². The van der Waals surface area contributed by atoms with E-state index in [0.29, 0.717) is 27.7 Å². The van der Waals surface area contributed by atoms with Crippen molar-refractivity contribution in [2.75, 3.05) is 14.2 Å². The number of ether oxygens (including phenoxy) is 1. The maximum atomic E-state index is 12.0. The first kappa shape index (κ1) is 30.6. The molecule has 41 heavy (non-hydrogen) atoms. The first-order valence-corrected chi connectivity index (χ1v) is 16.6. The van der Waals surface area contributed by atoms with Gasteiger partial charge >= 0.3 is 5.97 Å². The lowest BCUT2D eigenvalue weighted by molar-refractivity contribution is -0.174. The van der Waals surface area contributed by atoms with Crippen LogP contribution < -0.4 is 0 Å². The number of hydrogen-bond acceptors (Lipinski definition) is 3. The maximum Gasteiger partial charge on any atom is 0.337 e. The Balaban J connectivity index is 0.00000165. The van der Waals surface area contributed by atoms with E-state index in [2.05, 4.69) is 65.0 Å². The fraction of sp³-hybridized carbons (Fsp3) is 0.711. The molecule has 0 aliphatic heterocycles. The molecule has 0 radical (unpaired) electrons. The van der Waals surface area contributed by atoms with Gasteiger partial charge in [0.2, 0.25) is 0 Å². The average Bonchev–Trinajstić information content (AvgIpc) is 3.41. The van der Waals surface area contributed by atoms with Gasteiger partial charge in [-0.2, -0.15) is 0 Å². The molecule has 4 fully saturated rings. The van der Waals surface area contributed by atoms with Crippen molar-refractivity contribution in [3.8, 4) is 0 Å². The molecule has 3 heteroatoms. The lowest BCUT2D eigenvalue weighted by atomic mass is 9.36. The first-order valence-electron chi connectivity index (χ1n) is 16.6. The fourth-order valence-corrected chi connectivity index (χ4v) is 11.9. The number of carbonyl (C=O) groups is 1. The predicted octanol–water partition coefficient (Wildman–Crippen LogP) is 9.51. The number of carbonyl (C=O) groups excluding carboxylic acids is 1. The molecule has 1 aromatic rings. The van der Waals surface area contributed by atoms with Gasteiger partial charge in [0, 0.05) is 7.11 Å². The topological polar surface area (TPSA) is 46.5 Å². The number of esters is 1. The van der Waals surface area contributed by atoms with Crippen molar-refractivity contribution in [1.82, 2.24) is 0 Å². The smallest absolute Gasteiger partial charge is 0.337 e. The van der Waals surface area contributed by atoms with E-state index >= 15 is 0 Å². The van der Waals surface area contributed by atoms with Crippen molar-refractivity contribution >= 4 is 11.5 Å². The summed E-state index contributed by atoms with van der Waals surface area (Å²) < 4.78 is 4.93. The van der Waals surface area contributed by atoms with Crippen LogP contribution in [0.4, 0.5) is 0 Å². The molecular formula is C38H56O3. The third-order valence-corrected chi connectivity index (χ3v) is 13.5. The molecule has 0 spiro atoms. The Morgan fingerprint density at radius 2 is 1.63 bits per heavy atom. The molecule has 5 aliphatic rings. The van der Waals surface area contributed by atoms with Crippen molar-refractivity contribution in [1.29, 1.82) is 0 Å². The fourth-order valence-electron chi connectivity index (χ4n) is 11.9. The summed E-state index contributed by atoms with van der Waals surface area (Å²) in [5, 5.41) is 7.00. The Morgan fingerprint density at radius 1 is 0.902 bits per heavy atom. The van der Waals surface area contributed by atoms with Gasteiger partial charge in [-0.15, -0.1) is 0 Å². The lowest BCUT2D eigenvalue weighted by Gasteiger charge is -2.68. The van der Waals surface area contributed by atoms with E-state index in [4.69, 9.17) is 9.84 Å². The van der Waals surface area contributed by atoms with Gasteiger partial charge < -0.3 is 9.84 Å². The Kier molecular flexibility index (Phi) is 8.45. The van der Waals surface area contributed by atoms with Crippen LogP contribution in [0.2, 0.25) is 0 Å². The Labute approximate surface area is 250 Å². The molecule has 8 unspecified atom stereocenters. The average molecular weight is 561 g/mol. The van der Waals surface area contributed by atoms with E-state index in [1.54, 1.807) is 0 Å². The summed E-state index contributed by atoms with van der Waals surface area (Å²) in [4.78, 5) is 12.0. The monoisotopic (exact) mass is 560 g/mol. The van der Waals surface area contributed by atoms with Gasteiger partial charge in [-0.3, -0.25) is 0 Å². The van der Waals surface area contributed by atoms with Gasteiger partial charge in [-0.25, -0.2) is 4.79 Å². The number of aliphatic hydroxyl groups is 1. The van der Waals surface area contributed by atoms with Crippen LogP contribution in [0.25, 0.3) is 5.57 Å². The maximum absolute atomic E-state index is 12.0. The van der Waals surface area contributed by atoms with E-state index in [0.717, 1.165) is 30.8 Å². The van der Waals surface area contributed by atoms with E-state index in [9.17, 15) is 4.79 Å². The summed E-state index contributed by atoms with van der Waals surface area (Å²) in [7, 11) is 2.45. The van der Waals surface area contributed by atoms with Crippen LogP contribution in [0.3, 0.4) is 0 Å². The molecule has 0 aromatic heterocycles. The van der Waals surface area contributed by atoms with Crippen LogP contribution >= 0.6 is 0 Å². The Bertz CT molecular complexity index is 1160. The number of hydrogen-bond donors (Lipinski definition) is 1. The molecule has 6 rings (SSSR count). The second-order valence-corrected chi connectivity index (χ2v) is 15.2. The van der Waals surface area contributed by atoms with Crippen molar-refractivity contribution in [3.63, 3.8) is 0 Å². The number of fused-ring (bicyclic) bond motifs is 7. The summed E-state index contributed by atoms with van der Waals surface area (Å²) in [5.74, 6) is 4.06. The normalized spacial score (nSPS) is 40.7. The summed E-state index contributed by atoms with van der Waals surface area (Å²) in [6.07, 6.45) is 23.1. The van der Waals surface area contributed by atoms with Crippen LogP contribution in [0.15, 0.2) is 42.5 Å². The van der Waals surface area contributed by atoms with E-state index in [1.807, 2.05) is 12.1 Å². The van der Waals surface area contributed by atoms with E-state index < -0.39 is 0 Å². The van der Waals surface area contributed by atoms with Crippen molar-refractivity contribution in [3.05, 3.63) is 53.6 Å². The van der Waals surface area contributed by atoms with Crippen molar-refractivity contribution in [2.24, 2.45) is 51.2 Å². The molecule has 0 heterocycles. The van der Waals surface area contributed by atoms with Crippen molar-refractivity contribution in [2.45, 2.75) is 105 Å². The molecule has 226 valence electrons. The molecule has 0 bridgehead atoms.